The monoisotopic (exact) mass is 442 g/mol. The average molecular weight is 443 g/mol. The van der Waals surface area contributed by atoms with Crippen LogP contribution >= 0.6 is 12.8 Å². The van der Waals surface area contributed by atoms with Crippen molar-refractivity contribution in [3.63, 3.8) is 0 Å². The molecular formula is C28H46N2S. The van der Waals surface area contributed by atoms with Crippen molar-refractivity contribution in [2.24, 2.45) is 46.3 Å². The maximum Gasteiger partial charge on any atom is 0.0172 e. The van der Waals surface area contributed by atoms with Gasteiger partial charge in [0.25, 0.3) is 0 Å². The number of hydrogen-bond donors (Lipinski definition) is 3. The first-order chi connectivity index (χ1) is 14.9. The van der Waals surface area contributed by atoms with E-state index in [4.69, 9.17) is 0 Å². The number of rotatable bonds is 1. The van der Waals surface area contributed by atoms with Gasteiger partial charge in [-0.1, -0.05) is 37.8 Å². The molecule has 0 radical (unpaired) electrons. The van der Waals surface area contributed by atoms with Crippen molar-refractivity contribution >= 4 is 12.8 Å². The molecule has 31 heavy (non-hydrogen) atoms. The molecule has 0 aromatic carbocycles. The summed E-state index contributed by atoms with van der Waals surface area (Å²) in [6.45, 7) is 9.14. The molecule has 1 spiro atoms. The number of hydrogen-bond acceptors (Lipinski definition) is 3. The summed E-state index contributed by atoms with van der Waals surface area (Å²) < 4.78 is 3.31. The lowest BCUT2D eigenvalue weighted by Gasteiger charge is -2.54. The highest BCUT2D eigenvalue weighted by Gasteiger charge is 2.58. The Kier molecular flexibility index (Phi) is 5.40. The molecule has 0 aromatic rings. The lowest BCUT2D eigenvalue weighted by atomic mass is 9.52. The van der Waals surface area contributed by atoms with Crippen LogP contribution in [0.3, 0.4) is 0 Å². The maximum absolute atomic E-state index is 4.43. The molecule has 4 saturated carbocycles. The van der Waals surface area contributed by atoms with E-state index in [1.807, 2.05) is 11.1 Å². The number of nitrogens with one attached hydrogen (secondary N) is 2. The van der Waals surface area contributed by atoms with Crippen LogP contribution in [0, 0.1) is 46.3 Å². The molecule has 0 aromatic heterocycles. The number of thiol groups is 1. The summed E-state index contributed by atoms with van der Waals surface area (Å²) in [5.41, 5.74) is 4.98. The van der Waals surface area contributed by atoms with Gasteiger partial charge >= 0.3 is 0 Å². The zero-order valence-corrected chi connectivity index (χ0v) is 21.2. The molecule has 3 heteroatoms. The minimum absolute atomic E-state index is 0.584. The summed E-state index contributed by atoms with van der Waals surface area (Å²) in [6, 6.07) is 1.45. The van der Waals surface area contributed by atoms with E-state index in [1.54, 1.807) is 0 Å². The smallest absolute Gasteiger partial charge is 0.0172 e. The summed E-state index contributed by atoms with van der Waals surface area (Å²) in [5.74, 6) is 5.61. The fraction of sp³-hybridized carbons (Fsp3) is 0.929. The van der Waals surface area contributed by atoms with E-state index in [9.17, 15) is 0 Å². The van der Waals surface area contributed by atoms with Crippen LogP contribution < -0.4 is 10.0 Å². The van der Waals surface area contributed by atoms with Crippen LogP contribution in [0.4, 0.5) is 0 Å². The minimum Gasteiger partial charge on any atom is -0.313 e. The van der Waals surface area contributed by atoms with Gasteiger partial charge in [-0.25, -0.2) is 0 Å². The Balaban J connectivity index is 1.27. The molecule has 5 fully saturated rings. The van der Waals surface area contributed by atoms with Crippen molar-refractivity contribution in [1.29, 1.82) is 0 Å². The zero-order valence-electron chi connectivity index (χ0n) is 20.3. The van der Waals surface area contributed by atoms with Crippen molar-refractivity contribution < 1.29 is 0 Å². The Labute approximate surface area is 196 Å². The van der Waals surface area contributed by atoms with Gasteiger partial charge in [0, 0.05) is 12.1 Å². The third kappa shape index (κ3) is 3.18. The molecular weight excluding hydrogens is 396 g/mol. The Bertz CT molecular complexity index is 747. The summed E-state index contributed by atoms with van der Waals surface area (Å²) in [6.07, 6.45) is 17.4. The zero-order chi connectivity index (χ0) is 21.4. The van der Waals surface area contributed by atoms with Crippen LogP contribution in [0.1, 0.15) is 97.8 Å². The van der Waals surface area contributed by atoms with Gasteiger partial charge in [-0.05, 0) is 137 Å². The van der Waals surface area contributed by atoms with E-state index in [0.29, 0.717) is 16.9 Å². The van der Waals surface area contributed by atoms with Crippen LogP contribution in [0.25, 0.3) is 0 Å². The predicted octanol–water partition coefficient (Wildman–Crippen LogP) is 6.54. The fourth-order valence-electron chi connectivity index (χ4n) is 10.6. The quantitative estimate of drug-likeness (QED) is 0.317. The molecule has 0 amide bonds. The lowest BCUT2D eigenvalue weighted by Crippen LogP contribution is -2.48. The minimum atomic E-state index is 0.584. The highest BCUT2D eigenvalue weighted by molar-refractivity contribution is 7.78. The number of piperidine rings is 1. The third-order valence-electron chi connectivity index (χ3n) is 12.3. The van der Waals surface area contributed by atoms with Gasteiger partial charge in [0.1, 0.15) is 0 Å². The van der Waals surface area contributed by atoms with Crippen molar-refractivity contribution in [3.05, 3.63) is 11.1 Å². The van der Waals surface area contributed by atoms with E-state index in [0.717, 1.165) is 41.5 Å². The van der Waals surface area contributed by atoms with Crippen LogP contribution in [0.15, 0.2) is 11.1 Å². The molecule has 1 heterocycles. The molecule has 1 saturated heterocycles. The van der Waals surface area contributed by atoms with Gasteiger partial charge < -0.3 is 5.32 Å². The second-order valence-electron chi connectivity index (χ2n) is 13.2. The largest absolute Gasteiger partial charge is 0.313 e. The van der Waals surface area contributed by atoms with E-state index in [-0.39, 0.29) is 0 Å². The Morgan fingerprint density at radius 1 is 1.10 bits per heavy atom. The summed E-state index contributed by atoms with van der Waals surface area (Å²) in [5, 5.41) is 3.95. The lowest BCUT2D eigenvalue weighted by molar-refractivity contribution is -0.0373. The molecule has 1 aliphatic heterocycles. The summed E-state index contributed by atoms with van der Waals surface area (Å²) in [4.78, 5) is 0. The van der Waals surface area contributed by atoms with Crippen molar-refractivity contribution in [1.82, 2.24) is 10.0 Å². The van der Waals surface area contributed by atoms with Gasteiger partial charge in [0.05, 0.1) is 0 Å². The molecule has 10 atom stereocenters. The van der Waals surface area contributed by atoms with Crippen LogP contribution in [-0.2, 0) is 0 Å². The van der Waals surface area contributed by atoms with Gasteiger partial charge in [-0.2, -0.15) is 0 Å². The molecule has 0 bridgehead atoms. The molecule has 6 aliphatic rings. The molecule has 6 rings (SSSR count). The van der Waals surface area contributed by atoms with Gasteiger partial charge in [-0.15, -0.1) is 0 Å². The average Bonchev–Trinajstić information content (AvgIpc) is 3.24. The van der Waals surface area contributed by atoms with E-state index >= 15 is 0 Å². The maximum atomic E-state index is 4.43. The first-order valence-corrected chi connectivity index (χ1v) is 14.2. The second-order valence-corrected chi connectivity index (χ2v) is 13.5. The summed E-state index contributed by atoms with van der Waals surface area (Å²) >= 11 is 4.43. The number of allylic oxidation sites excluding steroid dienone is 2. The first-order valence-electron chi connectivity index (χ1n) is 13.8. The van der Waals surface area contributed by atoms with Gasteiger partial charge in [0.15, 0.2) is 0 Å². The van der Waals surface area contributed by atoms with E-state index in [2.05, 4.69) is 43.6 Å². The third-order valence-corrected chi connectivity index (χ3v) is 12.6. The molecule has 5 aliphatic carbocycles. The molecule has 2 N–H and O–H groups in total. The van der Waals surface area contributed by atoms with Crippen LogP contribution in [-0.4, -0.2) is 18.6 Å². The molecule has 9 unspecified atom stereocenters. The Hall–Kier alpha value is 0.01000. The fourth-order valence-corrected chi connectivity index (χ4v) is 10.8. The summed E-state index contributed by atoms with van der Waals surface area (Å²) in [7, 11) is 0. The normalized spacial score (nSPS) is 54.2. The number of fused-ring (bicyclic) bond motifs is 6. The van der Waals surface area contributed by atoms with Crippen LogP contribution in [0.2, 0.25) is 0 Å². The highest BCUT2D eigenvalue weighted by atomic mass is 32.1. The van der Waals surface area contributed by atoms with E-state index in [1.165, 1.54) is 83.6 Å². The predicted molar refractivity (Wildman–Crippen MR) is 133 cm³/mol. The van der Waals surface area contributed by atoms with Gasteiger partial charge in [0.2, 0.25) is 0 Å². The van der Waals surface area contributed by atoms with Gasteiger partial charge in [-0.3, -0.25) is 4.72 Å². The Morgan fingerprint density at radius 2 is 1.97 bits per heavy atom. The van der Waals surface area contributed by atoms with Crippen molar-refractivity contribution in [2.45, 2.75) is 110 Å². The first kappa shape index (κ1) is 21.5. The highest BCUT2D eigenvalue weighted by Crippen LogP contribution is 2.66. The van der Waals surface area contributed by atoms with Crippen molar-refractivity contribution in [2.75, 3.05) is 6.54 Å². The van der Waals surface area contributed by atoms with Crippen molar-refractivity contribution in [3.8, 4) is 0 Å². The standard InChI is InChI=1S/C28H46N2S/c1-17-15-28(16-19-5-4-12-29-26(19)18(28)2)11-9-22-23-7-6-20-13-21(30-31)8-10-27(20,3)25(23)14-24(17)22/h18-23,25-26,29-31H,4-16H2,1-3H3/t18?,19?,20?,21-,22?,23?,25?,26?,27?,28?/m1/s1. The SMILES string of the molecule is CC1=C2CC3C(CCC4C[C@H](NS)CCC43C)C2CCC2(C1)CC1CCCNC1C2C. The molecule has 174 valence electrons. The Morgan fingerprint density at radius 3 is 2.77 bits per heavy atom. The topological polar surface area (TPSA) is 24.1 Å². The van der Waals surface area contributed by atoms with Crippen LogP contribution in [0.5, 0.6) is 0 Å². The molecule has 2 nitrogen and oxygen atoms in total. The second kappa shape index (κ2) is 7.77. The van der Waals surface area contributed by atoms with E-state index < -0.39 is 0 Å².